The Hall–Kier alpha value is -0.910. The van der Waals surface area contributed by atoms with E-state index in [9.17, 15) is 20.1 Å². The second-order valence-corrected chi connectivity index (χ2v) is 15.1. The van der Waals surface area contributed by atoms with Gasteiger partial charge in [0.15, 0.2) is 0 Å². The Kier molecular flexibility index (Phi) is 5.80. The van der Waals surface area contributed by atoms with E-state index in [2.05, 4.69) is 47.6 Å². The van der Waals surface area contributed by atoms with Crippen molar-refractivity contribution in [2.24, 2.45) is 50.7 Å². The first-order valence-electron chi connectivity index (χ1n) is 14.4. The van der Waals surface area contributed by atoms with E-state index < -0.39 is 23.2 Å². The first kappa shape index (κ1) is 26.7. The number of hydrogen-bond donors (Lipinski definition) is 3. The van der Waals surface area contributed by atoms with Gasteiger partial charge in [0.2, 0.25) is 0 Å². The van der Waals surface area contributed by atoms with Gasteiger partial charge in [-0.05, 0) is 97.7 Å². The van der Waals surface area contributed by atoms with Crippen molar-refractivity contribution in [1.29, 1.82) is 0 Å². The van der Waals surface area contributed by atoms with E-state index in [1.165, 1.54) is 12.7 Å². The van der Waals surface area contributed by atoms with Crippen molar-refractivity contribution < 1.29 is 24.9 Å². The molecule has 5 rings (SSSR count). The number of fused-ring (bicyclic) bond motifs is 7. The molecule has 0 radical (unpaired) electrons. The number of aliphatic hydroxyl groups excluding tert-OH is 2. The van der Waals surface area contributed by atoms with Gasteiger partial charge in [0.25, 0.3) is 0 Å². The summed E-state index contributed by atoms with van der Waals surface area (Å²) in [5.41, 5.74) is -0.928. The van der Waals surface area contributed by atoms with E-state index in [1.54, 1.807) is 0 Å². The van der Waals surface area contributed by atoms with Crippen LogP contribution in [-0.4, -0.2) is 46.2 Å². The number of esters is 1. The normalized spacial score (nSPS) is 55.8. The summed E-state index contributed by atoms with van der Waals surface area (Å²) >= 11 is 0. The maximum absolute atomic E-state index is 13.4. The Balaban J connectivity index is 1.65. The Morgan fingerprint density at radius 3 is 2.28 bits per heavy atom. The number of methoxy groups -OCH3 is 1. The number of aliphatic hydroxyl groups is 3. The van der Waals surface area contributed by atoms with Crippen LogP contribution < -0.4 is 0 Å². The van der Waals surface area contributed by atoms with Crippen LogP contribution in [0.2, 0.25) is 0 Å². The van der Waals surface area contributed by atoms with Crippen LogP contribution in [0, 0.1) is 50.7 Å². The van der Waals surface area contributed by atoms with Gasteiger partial charge in [-0.15, -0.1) is 0 Å². The first-order chi connectivity index (χ1) is 16.5. The molecule has 4 saturated carbocycles. The SMILES string of the molecule is COC(=O)[C@]12CC[C@@H](C)[C@@](C)(O)[C@H]1C1=CC[C@H]3[C@@]4(C)C[C@@H](O)[C@@H](O)C(C)(C)[C@H]4CC[C@@]3(C)[C@]1(C)CC2. The van der Waals surface area contributed by atoms with Crippen molar-refractivity contribution in [3.8, 4) is 0 Å². The number of rotatable bonds is 1. The van der Waals surface area contributed by atoms with Crippen LogP contribution in [0.25, 0.3) is 0 Å². The molecule has 0 bridgehead atoms. The molecule has 204 valence electrons. The lowest BCUT2D eigenvalue weighted by atomic mass is 9.33. The summed E-state index contributed by atoms with van der Waals surface area (Å²) in [5.74, 6) is 0.430. The summed E-state index contributed by atoms with van der Waals surface area (Å²) < 4.78 is 5.43. The maximum Gasteiger partial charge on any atom is 0.312 e. The standard InChI is InChI=1S/C31H50O5/c1-18-11-14-31(25(34)36-8)16-15-28(5)19(23(31)30(18,7)35)9-10-22-27(4)17-20(32)24(33)26(2,3)21(27)12-13-29(22,28)6/h9,18,20-24,32-33,35H,10-17H2,1-8H3/t18-,20-,21-,22+,23-,24-,27+,28-,29-,30-,31+/m1/s1. The smallest absolute Gasteiger partial charge is 0.312 e. The van der Waals surface area contributed by atoms with Crippen molar-refractivity contribution in [1.82, 2.24) is 0 Å². The van der Waals surface area contributed by atoms with Gasteiger partial charge in [0.1, 0.15) is 0 Å². The van der Waals surface area contributed by atoms with Crippen molar-refractivity contribution in [2.75, 3.05) is 7.11 Å². The van der Waals surface area contributed by atoms with Crippen LogP contribution >= 0.6 is 0 Å². The molecule has 0 aromatic heterocycles. The third-order valence-corrected chi connectivity index (χ3v) is 13.6. The van der Waals surface area contributed by atoms with Crippen molar-refractivity contribution in [3.05, 3.63) is 11.6 Å². The molecule has 4 fully saturated rings. The fourth-order valence-electron chi connectivity index (χ4n) is 11.2. The van der Waals surface area contributed by atoms with Crippen LogP contribution in [0.15, 0.2) is 11.6 Å². The molecule has 0 aromatic carbocycles. The summed E-state index contributed by atoms with van der Waals surface area (Å²) in [6, 6.07) is 0. The van der Waals surface area contributed by atoms with Crippen molar-refractivity contribution >= 4 is 5.97 Å². The van der Waals surface area contributed by atoms with Gasteiger partial charge in [-0.3, -0.25) is 4.79 Å². The molecule has 0 heterocycles. The predicted molar refractivity (Wildman–Crippen MR) is 140 cm³/mol. The fraction of sp³-hybridized carbons (Fsp3) is 0.903. The molecule has 0 spiro atoms. The van der Waals surface area contributed by atoms with E-state index in [4.69, 9.17) is 4.74 Å². The summed E-state index contributed by atoms with van der Waals surface area (Å²) in [5, 5.41) is 34.0. The third kappa shape index (κ3) is 2.97. The maximum atomic E-state index is 13.4. The highest BCUT2D eigenvalue weighted by Gasteiger charge is 2.72. The van der Waals surface area contributed by atoms with Crippen molar-refractivity contribution in [2.45, 2.75) is 118 Å². The van der Waals surface area contributed by atoms with Crippen LogP contribution in [0.3, 0.4) is 0 Å². The highest BCUT2D eigenvalue weighted by atomic mass is 16.5. The molecular weight excluding hydrogens is 452 g/mol. The molecule has 5 nitrogen and oxygen atoms in total. The number of hydrogen-bond acceptors (Lipinski definition) is 5. The molecule has 0 aromatic rings. The quantitative estimate of drug-likeness (QED) is 0.336. The summed E-state index contributed by atoms with van der Waals surface area (Å²) in [4.78, 5) is 13.4. The second-order valence-electron chi connectivity index (χ2n) is 15.1. The lowest BCUT2D eigenvalue weighted by Gasteiger charge is -2.72. The highest BCUT2D eigenvalue weighted by Crippen LogP contribution is 2.76. The largest absolute Gasteiger partial charge is 0.469 e. The average molecular weight is 503 g/mol. The van der Waals surface area contributed by atoms with Crippen LogP contribution in [-0.2, 0) is 9.53 Å². The molecule has 11 atom stereocenters. The Bertz CT molecular complexity index is 968. The molecule has 36 heavy (non-hydrogen) atoms. The molecule has 3 N–H and O–H groups in total. The van der Waals surface area contributed by atoms with E-state index in [0.717, 1.165) is 44.9 Å². The predicted octanol–water partition coefficient (Wildman–Crippen LogP) is 5.26. The monoisotopic (exact) mass is 502 g/mol. The van der Waals surface area contributed by atoms with E-state index >= 15 is 0 Å². The zero-order valence-corrected chi connectivity index (χ0v) is 23.9. The van der Waals surface area contributed by atoms with Gasteiger partial charge in [-0.2, -0.15) is 0 Å². The first-order valence-corrected chi connectivity index (χ1v) is 14.4. The minimum Gasteiger partial charge on any atom is -0.469 e. The molecule has 0 saturated heterocycles. The minimum atomic E-state index is -0.975. The summed E-state index contributed by atoms with van der Waals surface area (Å²) in [6.07, 6.45) is 7.88. The van der Waals surface area contributed by atoms with E-state index in [1.807, 2.05) is 6.92 Å². The fourth-order valence-corrected chi connectivity index (χ4v) is 11.2. The molecule has 0 amide bonds. The zero-order valence-electron chi connectivity index (χ0n) is 23.9. The number of carbonyl (C=O) groups excluding carboxylic acids is 1. The summed E-state index contributed by atoms with van der Waals surface area (Å²) in [7, 11) is 1.49. The number of allylic oxidation sites excluding steroid dienone is 1. The third-order valence-electron chi connectivity index (χ3n) is 13.6. The zero-order chi connectivity index (χ0) is 26.7. The van der Waals surface area contributed by atoms with Gasteiger partial charge in [-0.25, -0.2) is 0 Å². The molecule has 0 unspecified atom stereocenters. The van der Waals surface area contributed by atoms with E-state index in [0.29, 0.717) is 18.3 Å². The van der Waals surface area contributed by atoms with E-state index in [-0.39, 0.29) is 39.5 Å². The van der Waals surface area contributed by atoms with Crippen LogP contribution in [0.1, 0.15) is 99.8 Å². The van der Waals surface area contributed by atoms with Gasteiger partial charge in [-0.1, -0.05) is 53.2 Å². The Labute approximate surface area is 218 Å². The van der Waals surface area contributed by atoms with Crippen LogP contribution in [0.4, 0.5) is 0 Å². The molecule has 5 aliphatic carbocycles. The number of carbonyl (C=O) groups is 1. The van der Waals surface area contributed by atoms with Gasteiger partial charge >= 0.3 is 5.97 Å². The molecule has 0 aliphatic heterocycles. The van der Waals surface area contributed by atoms with Crippen LogP contribution in [0.5, 0.6) is 0 Å². The summed E-state index contributed by atoms with van der Waals surface area (Å²) in [6.45, 7) is 15.6. The number of ether oxygens (including phenoxy) is 1. The second kappa shape index (κ2) is 7.82. The highest BCUT2D eigenvalue weighted by molar-refractivity contribution is 5.79. The minimum absolute atomic E-state index is 0.0144. The Morgan fingerprint density at radius 1 is 0.972 bits per heavy atom. The van der Waals surface area contributed by atoms with Crippen molar-refractivity contribution in [3.63, 3.8) is 0 Å². The van der Waals surface area contributed by atoms with Gasteiger partial charge in [0.05, 0.1) is 30.3 Å². The molecule has 5 aliphatic rings. The Morgan fingerprint density at radius 2 is 1.64 bits per heavy atom. The molecular formula is C31H50O5. The lowest BCUT2D eigenvalue weighted by molar-refractivity contribution is -0.237. The lowest BCUT2D eigenvalue weighted by Crippen LogP contribution is -2.68. The van der Waals surface area contributed by atoms with Gasteiger partial charge < -0.3 is 20.1 Å². The topological polar surface area (TPSA) is 87.0 Å². The average Bonchev–Trinajstić information content (AvgIpc) is 2.80. The van der Waals surface area contributed by atoms with Gasteiger partial charge in [0, 0.05) is 5.92 Å². The molecule has 5 heteroatoms.